The fourth-order valence-electron chi connectivity index (χ4n) is 6.10. The second-order valence-electron chi connectivity index (χ2n) is 11.3. The predicted molar refractivity (Wildman–Crippen MR) is 190 cm³/mol. The molecule has 0 aromatic heterocycles. The van der Waals surface area contributed by atoms with Crippen LogP contribution in [-0.2, 0) is 0 Å². The lowest BCUT2D eigenvalue weighted by molar-refractivity contribution is 0.674. The van der Waals surface area contributed by atoms with E-state index in [1.54, 1.807) is 0 Å². The molecule has 5 nitrogen and oxygen atoms in total. The highest BCUT2D eigenvalue weighted by Gasteiger charge is 2.21. The summed E-state index contributed by atoms with van der Waals surface area (Å²) in [6.07, 6.45) is 3.61. The van der Waals surface area contributed by atoms with Gasteiger partial charge in [0.05, 0.1) is 0 Å². The summed E-state index contributed by atoms with van der Waals surface area (Å²) in [7, 11) is 0. The predicted octanol–water partition coefficient (Wildman–Crippen LogP) is 8.53. The maximum atomic E-state index is 5.03. The summed E-state index contributed by atoms with van der Waals surface area (Å²) in [6.45, 7) is 0.801. The molecular formula is C41H31N5. The molecule has 2 heterocycles. The average Bonchev–Trinajstić information content (AvgIpc) is 3.15. The third-order valence-electron chi connectivity index (χ3n) is 8.45. The molecule has 8 rings (SSSR count). The summed E-state index contributed by atoms with van der Waals surface area (Å²) in [5.41, 5.74) is 8.95. The van der Waals surface area contributed by atoms with E-state index in [0.29, 0.717) is 0 Å². The van der Waals surface area contributed by atoms with Gasteiger partial charge in [-0.15, -0.1) is 0 Å². The van der Waals surface area contributed by atoms with E-state index in [4.69, 9.17) is 9.98 Å². The van der Waals surface area contributed by atoms with E-state index < -0.39 is 0 Å². The van der Waals surface area contributed by atoms with Crippen LogP contribution in [0.15, 0.2) is 173 Å². The Morgan fingerprint density at radius 3 is 1.67 bits per heavy atom. The van der Waals surface area contributed by atoms with Gasteiger partial charge in [0.15, 0.2) is 5.84 Å². The summed E-state index contributed by atoms with van der Waals surface area (Å²) in [5, 5.41) is 9.36. The summed E-state index contributed by atoms with van der Waals surface area (Å²) in [6, 6.07) is 50.9. The lowest BCUT2D eigenvalue weighted by Gasteiger charge is -2.24. The fraction of sp³-hybridized carbons (Fsp3) is 0.0488. The molecule has 1 atom stereocenters. The smallest absolute Gasteiger partial charge is 0.159 e. The fourth-order valence-corrected chi connectivity index (χ4v) is 6.10. The van der Waals surface area contributed by atoms with E-state index in [-0.39, 0.29) is 6.17 Å². The molecule has 0 saturated heterocycles. The summed E-state index contributed by atoms with van der Waals surface area (Å²) >= 11 is 0. The number of hydrogen-bond donors (Lipinski definition) is 2. The molecule has 0 saturated carbocycles. The van der Waals surface area contributed by atoms with Gasteiger partial charge in [-0.2, -0.15) is 0 Å². The molecule has 5 heteroatoms. The zero-order valence-corrected chi connectivity index (χ0v) is 25.1. The molecule has 2 N–H and O–H groups in total. The number of aliphatic imine (C=N–C) groups is 3. The first-order chi connectivity index (χ1) is 22.8. The van der Waals surface area contributed by atoms with Crippen LogP contribution in [0.2, 0.25) is 0 Å². The lowest BCUT2D eigenvalue weighted by Crippen LogP contribution is -2.33. The van der Waals surface area contributed by atoms with Gasteiger partial charge in [0, 0.05) is 29.4 Å². The standard InChI is InChI=1S/C41H31N5/c1-3-10-30(11-4-1)39-44-40(31-12-5-2-6-13-31)46-41(45-39)33-24-20-29(21-25-33)35-15-8-16-36-34(14-7-17-37(35)36)28-18-22-32(23-19-28)38-42-26-9-27-43-38/h1-26,41H,27H2,(H,42,43)(H,44,45,46). The molecule has 46 heavy (non-hydrogen) atoms. The largest absolute Gasteiger partial charge is 0.366 e. The van der Waals surface area contributed by atoms with Crippen molar-refractivity contribution >= 4 is 28.3 Å². The molecule has 0 spiro atoms. The molecule has 220 valence electrons. The minimum atomic E-state index is -0.259. The number of fused-ring (bicyclic) bond motifs is 1. The van der Waals surface area contributed by atoms with E-state index in [1.807, 2.05) is 48.7 Å². The van der Waals surface area contributed by atoms with Crippen molar-refractivity contribution < 1.29 is 0 Å². The zero-order valence-electron chi connectivity index (χ0n) is 25.1. The van der Waals surface area contributed by atoms with Crippen molar-refractivity contribution in [2.75, 3.05) is 6.54 Å². The SMILES string of the molecule is C1=CN=C(c2ccc(-c3cccc4c(-c5ccc(C6N=C(c7ccccc7)N=C(c7ccccc7)N6)cc5)cccc34)cc2)NC1. The van der Waals surface area contributed by atoms with Crippen molar-refractivity contribution in [3.8, 4) is 22.3 Å². The number of benzene rings is 6. The Kier molecular flexibility index (Phi) is 7.25. The first-order valence-electron chi connectivity index (χ1n) is 15.5. The minimum Gasteiger partial charge on any atom is -0.366 e. The first-order valence-corrected chi connectivity index (χ1v) is 15.5. The van der Waals surface area contributed by atoms with Gasteiger partial charge >= 0.3 is 0 Å². The number of rotatable bonds is 6. The number of amidine groups is 3. The lowest BCUT2D eigenvalue weighted by atomic mass is 9.92. The minimum absolute atomic E-state index is 0.259. The average molecular weight is 594 g/mol. The zero-order chi connectivity index (χ0) is 30.7. The number of hydrogen-bond acceptors (Lipinski definition) is 5. The molecule has 0 aliphatic carbocycles. The Balaban J connectivity index is 1.11. The highest BCUT2D eigenvalue weighted by atomic mass is 15.2. The van der Waals surface area contributed by atoms with Crippen molar-refractivity contribution in [3.63, 3.8) is 0 Å². The van der Waals surface area contributed by atoms with Crippen molar-refractivity contribution in [1.29, 1.82) is 0 Å². The monoisotopic (exact) mass is 593 g/mol. The van der Waals surface area contributed by atoms with Crippen LogP contribution in [0.1, 0.15) is 28.4 Å². The van der Waals surface area contributed by atoms with Crippen LogP contribution in [0.25, 0.3) is 33.0 Å². The molecule has 0 fully saturated rings. The van der Waals surface area contributed by atoms with E-state index in [9.17, 15) is 0 Å². The summed E-state index contributed by atoms with van der Waals surface area (Å²) in [4.78, 5) is 14.4. The summed E-state index contributed by atoms with van der Waals surface area (Å²) < 4.78 is 0. The highest BCUT2D eigenvalue weighted by Crippen LogP contribution is 2.35. The van der Waals surface area contributed by atoms with Gasteiger partial charge in [0.2, 0.25) is 0 Å². The molecule has 6 aromatic rings. The molecule has 0 radical (unpaired) electrons. The van der Waals surface area contributed by atoms with Crippen LogP contribution in [0, 0.1) is 0 Å². The third-order valence-corrected chi connectivity index (χ3v) is 8.45. The van der Waals surface area contributed by atoms with E-state index in [0.717, 1.165) is 51.9 Å². The molecule has 2 aliphatic heterocycles. The maximum absolute atomic E-state index is 5.03. The van der Waals surface area contributed by atoms with Crippen LogP contribution in [-0.4, -0.2) is 24.1 Å². The van der Waals surface area contributed by atoms with Gasteiger partial charge in [0.25, 0.3) is 0 Å². The van der Waals surface area contributed by atoms with Crippen LogP contribution in [0.3, 0.4) is 0 Å². The molecule has 0 amide bonds. The molecular weight excluding hydrogens is 562 g/mol. The summed E-state index contributed by atoms with van der Waals surface area (Å²) in [5.74, 6) is 2.45. The molecule has 6 aromatic carbocycles. The van der Waals surface area contributed by atoms with E-state index in [2.05, 4.69) is 125 Å². The number of nitrogens with zero attached hydrogens (tertiary/aromatic N) is 3. The van der Waals surface area contributed by atoms with Gasteiger partial charge < -0.3 is 10.6 Å². The van der Waals surface area contributed by atoms with Crippen molar-refractivity contribution in [2.45, 2.75) is 6.17 Å². The Labute approximate surface area is 268 Å². The van der Waals surface area contributed by atoms with Crippen LogP contribution >= 0.6 is 0 Å². The van der Waals surface area contributed by atoms with E-state index in [1.165, 1.54) is 27.5 Å². The Morgan fingerprint density at radius 1 is 0.500 bits per heavy atom. The maximum Gasteiger partial charge on any atom is 0.159 e. The first kappa shape index (κ1) is 27.5. The Morgan fingerprint density at radius 2 is 1.07 bits per heavy atom. The Bertz CT molecular complexity index is 2140. The second-order valence-corrected chi connectivity index (χ2v) is 11.3. The van der Waals surface area contributed by atoms with Crippen molar-refractivity contribution in [3.05, 3.63) is 180 Å². The van der Waals surface area contributed by atoms with E-state index >= 15 is 0 Å². The quantitative estimate of drug-likeness (QED) is 0.203. The van der Waals surface area contributed by atoms with Crippen molar-refractivity contribution in [2.24, 2.45) is 15.0 Å². The second kappa shape index (κ2) is 12.1. The molecule has 2 aliphatic rings. The Hall–Kier alpha value is -6.07. The molecule has 1 unspecified atom stereocenters. The third kappa shape index (κ3) is 5.39. The topological polar surface area (TPSA) is 61.1 Å². The van der Waals surface area contributed by atoms with Crippen LogP contribution in [0.5, 0.6) is 0 Å². The number of nitrogens with one attached hydrogen (secondary N) is 2. The van der Waals surface area contributed by atoms with Gasteiger partial charge in [-0.25, -0.2) is 15.0 Å². The van der Waals surface area contributed by atoms with Gasteiger partial charge in [-0.3, -0.25) is 0 Å². The highest BCUT2D eigenvalue weighted by molar-refractivity contribution is 6.13. The van der Waals surface area contributed by atoms with Crippen LogP contribution in [0.4, 0.5) is 0 Å². The van der Waals surface area contributed by atoms with Crippen molar-refractivity contribution in [1.82, 2.24) is 10.6 Å². The normalized spacial score (nSPS) is 15.7. The van der Waals surface area contributed by atoms with Gasteiger partial charge in [-0.1, -0.05) is 146 Å². The van der Waals surface area contributed by atoms with Gasteiger partial charge in [0.1, 0.15) is 17.8 Å². The van der Waals surface area contributed by atoms with Gasteiger partial charge in [-0.05, 0) is 44.7 Å². The molecule has 0 bridgehead atoms. The van der Waals surface area contributed by atoms with Crippen LogP contribution < -0.4 is 10.6 Å².